The van der Waals surface area contributed by atoms with Crippen LogP contribution in [-0.2, 0) is 21.4 Å². The van der Waals surface area contributed by atoms with Gasteiger partial charge in [-0.15, -0.1) is 0 Å². The first kappa shape index (κ1) is 26.9. The molecule has 8 heteroatoms. The summed E-state index contributed by atoms with van der Waals surface area (Å²) in [7, 11) is 0. The molecular weight excluding hydrogens is 516 g/mol. The van der Waals surface area contributed by atoms with Crippen LogP contribution < -0.4 is 4.90 Å². The van der Waals surface area contributed by atoms with Crippen molar-refractivity contribution >= 4 is 11.6 Å². The molecule has 1 unspecified atom stereocenters. The highest BCUT2D eigenvalue weighted by molar-refractivity contribution is 5.94. The Morgan fingerprint density at radius 2 is 1.93 bits per heavy atom. The zero-order valence-corrected chi connectivity index (χ0v) is 24.3. The van der Waals surface area contributed by atoms with Crippen LogP contribution in [0, 0.1) is 11.3 Å². The number of oxazole rings is 1. The number of hydrogen-bond donors (Lipinski definition) is 0. The molecule has 2 aromatic heterocycles. The number of rotatable bonds is 10. The summed E-state index contributed by atoms with van der Waals surface area (Å²) < 4.78 is 17.6. The first-order valence-corrected chi connectivity index (χ1v) is 15.8. The van der Waals surface area contributed by atoms with Crippen LogP contribution in [0.4, 0.5) is 5.69 Å². The fraction of sp³-hybridized carbons (Fsp3) is 0.636. The standard InChI is InChI=1S/C33H42N4O4/c1-2-5-28-34-20-27(40-28)25-7-3-8-26(19-25)37(29(38)18-23-6-4-17-39-21-23)22-32-11-14-33(15-12-32,16-13-32)31-35-30(36-41-31)24-9-10-24/h3,7-8,19-20,23-24H,2,4-6,9-18,21-22H2,1H3. The minimum Gasteiger partial charge on any atom is -0.441 e. The van der Waals surface area contributed by atoms with Crippen molar-refractivity contribution in [2.75, 3.05) is 24.7 Å². The molecule has 2 bridgehead atoms. The molecule has 0 N–H and O–H groups in total. The molecule has 8 rings (SSSR count). The number of anilines is 1. The van der Waals surface area contributed by atoms with E-state index in [1.807, 2.05) is 18.3 Å². The highest BCUT2D eigenvalue weighted by atomic mass is 16.5. The van der Waals surface area contributed by atoms with Crippen molar-refractivity contribution in [3.8, 4) is 11.3 Å². The molecule has 1 amide bonds. The van der Waals surface area contributed by atoms with Crippen LogP contribution in [-0.4, -0.2) is 40.8 Å². The lowest BCUT2D eigenvalue weighted by Crippen LogP contribution is -2.51. The van der Waals surface area contributed by atoms with Gasteiger partial charge in [-0.3, -0.25) is 4.79 Å². The maximum absolute atomic E-state index is 14.1. The fourth-order valence-electron chi connectivity index (χ4n) is 7.36. The van der Waals surface area contributed by atoms with Gasteiger partial charge in [-0.05, 0) is 94.1 Å². The lowest BCUT2D eigenvalue weighted by molar-refractivity contribution is -0.121. The molecule has 1 aliphatic heterocycles. The Labute approximate surface area is 242 Å². The van der Waals surface area contributed by atoms with Gasteiger partial charge >= 0.3 is 0 Å². The molecule has 1 saturated heterocycles. The van der Waals surface area contributed by atoms with Gasteiger partial charge in [-0.1, -0.05) is 24.2 Å². The number of aromatic nitrogens is 3. The SMILES string of the molecule is CCCc1ncc(-c2cccc(N(CC34CCC(c5nc(C6CC6)no5)(CC3)CC4)C(=O)CC3CCCOC3)c2)o1. The normalized spacial score (nSPS) is 27.7. The van der Waals surface area contributed by atoms with E-state index in [4.69, 9.17) is 18.7 Å². The molecule has 5 fully saturated rings. The van der Waals surface area contributed by atoms with Gasteiger partial charge in [0.1, 0.15) is 0 Å². The summed E-state index contributed by atoms with van der Waals surface area (Å²) in [5, 5.41) is 4.33. The Morgan fingerprint density at radius 1 is 1.10 bits per heavy atom. The van der Waals surface area contributed by atoms with Crippen LogP contribution >= 0.6 is 0 Å². The average molecular weight is 559 g/mol. The lowest BCUT2D eigenvalue weighted by Gasteiger charge is -2.53. The molecule has 41 heavy (non-hydrogen) atoms. The van der Waals surface area contributed by atoms with Crippen molar-refractivity contribution < 1.29 is 18.5 Å². The summed E-state index contributed by atoms with van der Waals surface area (Å²) >= 11 is 0. The smallest absolute Gasteiger partial charge is 0.232 e. The molecule has 218 valence electrons. The van der Waals surface area contributed by atoms with Crippen LogP contribution in [0.2, 0.25) is 0 Å². The van der Waals surface area contributed by atoms with E-state index in [0.717, 1.165) is 112 Å². The third-order valence-electron chi connectivity index (χ3n) is 10.2. The number of nitrogens with zero attached hydrogens (tertiary/aromatic N) is 4. The number of ether oxygens (including phenoxy) is 1. The van der Waals surface area contributed by atoms with Crippen molar-refractivity contribution in [1.29, 1.82) is 0 Å². The molecule has 0 spiro atoms. The Balaban J connectivity index is 1.12. The summed E-state index contributed by atoms with van der Waals surface area (Å²) in [6.07, 6.45) is 15.0. The maximum atomic E-state index is 14.1. The zero-order chi connectivity index (χ0) is 27.9. The molecule has 3 heterocycles. The Morgan fingerprint density at radius 3 is 2.66 bits per heavy atom. The highest BCUT2D eigenvalue weighted by Gasteiger charge is 2.53. The summed E-state index contributed by atoms with van der Waals surface area (Å²) in [5.74, 6) is 4.28. The number of carbonyl (C=O) groups is 1. The van der Waals surface area contributed by atoms with Gasteiger partial charge in [0, 0.05) is 55.2 Å². The van der Waals surface area contributed by atoms with Crippen LogP contribution in [0.1, 0.15) is 107 Å². The van der Waals surface area contributed by atoms with E-state index in [9.17, 15) is 4.79 Å². The number of amides is 1. The largest absolute Gasteiger partial charge is 0.441 e. The van der Waals surface area contributed by atoms with Gasteiger partial charge in [0.2, 0.25) is 11.8 Å². The van der Waals surface area contributed by atoms with E-state index in [2.05, 4.69) is 34.1 Å². The van der Waals surface area contributed by atoms with Crippen molar-refractivity contribution in [3.05, 3.63) is 48.1 Å². The average Bonchev–Trinajstić information content (AvgIpc) is 3.54. The number of aryl methyl sites for hydroxylation is 1. The molecule has 3 aromatic rings. The minimum atomic E-state index is 0.0125. The first-order valence-electron chi connectivity index (χ1n) is 15.8. The molecule has 5 aliphatic rings. The molecular formula is C33H42N4O4. The number of carbonyl (C=O) groups excluding carboxylic acids is 1. The minimum absolute atomic E-state index is 0.0125. The molecule has 4 saturated carbocycles. The second kappa shape index (κ2) is 11.0. The number of benzene rings is 1. The van der Waals surface area contributed by atoms with Gasteiger partial charge in [0.25, 0.3) is 0 Å². The number of fused-ring (bicyclic) bond motifs is 3. The Hall–Kier alpha value is -3.00. The van der Waals surface area contributed by atoms with Crippen LogP contribution in [0.15, 0.2) is 39.4 Å². The van der Waals surface area contributed by atoms with Crippen LogP contribution in [0.5, 0.6) is 0 Å². The maximum Gasteiger partial charge on any atom is 0.232 e. The summed E-state index contributed by atoms with van der Waals surface area (Å²) in [6.45, 7) is 4.35. The number of hydrogen-bond acceptors (Lipinski definition) is 7. The molecule has 4 aliphatic carbocycles. The highest BCUT2D eigenvalue weighted by Crippen LogP contribution is 2.58. The van der Waals surface area contributed by atoms with Gasteiger partial charge in [-0.2, -0.15) is 4.98 Å². The van der Waals surface area contributed by atoms with Crippen molar-refractivity contribution in [3.63, 3.8) is 0 Å². The summed E-state index contributed by atoms with van der Waals surface area (Å²) in [5.41, 5.74) is 2.03. The van der Waals surface area contributed by atoms with Crippen molar-refractivity contribution in [2.24, 2.45) is 11.3 Å². The molecule has 1 aromatic carbocycles. The summed E-state index contributed by atoms with van der Waals surface area (Å²) in [4.78, 5) is 25.5. The first-order chi connectivity index (χ1) is 20.0. The monoisotopic (exact) mass is 558 g/mol. The van der Waals surface area contributed by atoms with Crippen molar-refractivity contribution in [1.82, 2.24) is 15.1 Å². The van der Waals surface area contributed by atoms with E-state index >= 15 is 0 Å². The van der Waals surface area contributed by atoms with E-state index in [0.29, 0.717) is 18.9 Å². The van der Waals surface area contributed by atoms with Crippen molar-refractivity contribution in [2.45, 2.75) is 102 Å². The van der Waals surface area contributed by atoms with E-state index in [1.165, 1.54) is 12.8 Å². The van der Waals surface area contributed by atoms with E-state index in [-0.39, 0.29) is 22.7 Å². The Bertz CT molecular complexity index is 1340. The van der Waals surface area contributed by atoms with Gasteiger partial charge in [0.05, 0.1) is 6.20 Å². The van der Waals surface area contributed by atoms with Crippen LogP contribution in [0.25, 0.3) is 11.3 Å². The van der Waals surface area contributed by atoms with Gasteiger partial charge in [-0.25, -0.2) is 4.98 Å². The van der Waals surface area contributed by atoms with E-state index < -0.39 is 0 Å². The van der Waals surface area contributed by atoms with E-state index in [1.54, 1.807) is 0 Å². The van der Waals surface area contributed by atoms with Gasteiger partial charge < -0.3 is 18.6 Å². The van der Waals surface area contributed by atoms with Crippen LogP contribution in [0.3, 0.4) is 0 Å². The fourth-order valence-corrected chi connectivity index (χ4v) is 7.36. The summed E-state index contributed by atoms with van der Waals surface area (Å²) in [6, 6.07) is 8.27. The van der Waals surface area contributed by atoms with Gasteiger partial charge in [0.15, 0.2) is 17.5 Å². The second-order valence-corrected chi connectivity index (χ2v) is 13.2. The molecule has 1 atom stereocenters. The third-order valence-corrected chi connectivity index (χ3v) is 10.2. The topological polar surface area (TPSA) is 94.5 Å². The molecule has 0 radical (unpaired) electrons. The predicted octanol–water partition coefficient (Wildman–Crippen LogP) is 7.00. The quantitative estimate of drug-likeness (QED) is 0.264. The predicted molar refractivity (Wildman–Crippen MR) is 155 cm³/mol. The second-order valence-electron chi connectivity index (χ2n) is 13.2. The zero-order valence-electron chi connectivity index (χ0n) is 24.3. The lowest BCUT2D eigenvalue weighted by atomic mass is 9.53. The third kappa shape index (κ3) is 5.47. The Kier molecular flexibility index (Phi) is 7.21. The molecule has 8 nitrogen and oxygen atoms in total.